The van der Waals surface area contributed by atoms with Gasteiger partial charge in [-0.1, -0.05) is 18.2 Å². The molecular weight excluding hydrogens is 238 g/mol. The average Bonchev–Trinajstić information content (AvgIpc) is 2.62. The number of aromatic nitrogens is 2. The van der Waals surface area contributed by atoms with Crippen molar-refractivity contribution in [3.05, 3.63) is 30.0 Å². The van der Waals surface area contributed by atoms with Crippen LogP contribution in [0.1, 0.15) is 32.9 Å². The third-order valence-electron chi connectivity index (χ3n) is 2.91. The summed E-state index contributed by atoms with van der Waals surface area (Å²) in [6, 6.07) is 8.10. The Morgan fingerprint density at radius 2 is 2.00 bits per heavy atom. The number of benzene rings is 1. The van der Waals surface area contributed by atoms with E-state index < -0.39 is 0 Å². The lowest BCUT2D eigenvalue weighted by atomic mass is 10.1. The largest absolute Gasteiger partial charge is 0.351 e. The summed E-state index contributed by atoms with van der Waals surface area (Å²) < 4.78 is 1.91. The van der Waals surface area contributed by atoms with Gasteiger partial charge in [-0.05, 0) is 33.8 Å². The van der Waals surface area contributed by atoms with Crippen molar-refractivity contribution in [1.29, 1.82) is 0 Å². The molecule has 0 bridgehead atoms. The number of rotatable bonds is 3. The molecule has 1 aromatic heterocycles. The summed E-state index contributed by atoms with van der Waals surface area (Å²) >= 11 is 0. The number of amides is 1. The number of nitrogens with zero attached hydrogens (tertiary/aromatic N) is 2. The van der Waals surface area contributed by atoms with Crippen LogP contribution in [0.15, 0.2) is 24.3 Å². The van der Waals surface area contributed by atoms with Crippen LogP contribution in [0, 0.1) is 6.92 Å². The molecule has 0 saturated carbocycles. The smallest absolute Gasteiger partial charge is 0.222 e. The number of carbonyl (C=O) groups excluding carboxylic acids is 1. The van der Waals surface area contributed by atoms with E-state index in [1.165, 1.54) is 0 Å². The molecule has 0 saturated heterocycles. The minimum absolute atomic E-state index is 0.0599. The Morgan fingerprint density at radius 3 is 2.68 bits per heavy atom. The number of hydrogen-bond acceptors (Lipinski definition) is 2. The summed E-state index contributed by atoms with van der Waals surface area (Å²) in [6.45, 7) is 8.55. The SMILES string of the molecule is Cc1nn(CCC(=O)NC(C)(C)C)c2ccccc12. The van der Waals surface area contributed by atoms with Crippen LogP contribution in [0.5, 0.6) is 0 Å². The first-order chi connectivity index (χ1) is 8.87. The van der Waals surface area contributed by atoms with E-state index in [0.29, 0.717) is 13.0 Å². The zero-order valence-corrected chi connectivity index (χ0v) is 12.0. The first-order valence-corrected chi connectivity index (χ1v) is 6.60. The van der Waals surface area contributed by atoms with E-state index in [1.807, 2.05) is 50.6 Å². The first-order valence-electron chi connectivity index (χ1n) is 6.60. The number of hydrogen-bond donors (Lipinski definition) is 1. The van der Waals surface area contributed by atoms with Crippen LogP contribution in [0.25, 0.3) is 10.9 Å². The predicted molar refractivity (Wildman–Crippen MR) is 77.0 cm³/mol. The number of nitrogens with one attached hydrogen (secondary N) is 1. The van der Waals surface area contributed by atoms with E-state index in [1.54, 1.807) is 0 Å². The molecule has 1 aromatic carbocycles. The number of para-hydroxylation sites is 1. The normalized spacial score (nSPS) is 11.8. The molecule has 0 unspecified atom stereocenters. The monoisotopic (exact) mass is 259 g/mol. The second-order valence-corrected chi connectivity index (χ2v) is 5.87. The molecule has 19 heavy (non-hydrogen) atoms. The topological polar surface area (TPSA) is 46.9 Å². The molecule has 1 amide bonds. The lowest BCUT2D eigenvalue weighted by Crippen LogP contribution is -2.40. The summed E-state index contributed by atoms with van der Waals surface area (Å²) in [5, 5.41) is 8.61. The average molecular weight is 259 g/mol. The van der Waals surface area contributed by atoms with Gasteiger partial charge in [0.25, 0.3) is 0 Å². The summed E-state index contributed by atoms with van der Waals surface area (Å²) in [7, 11) is 0. The van der Waals surface area contributed by atoms with Crippen LogP contribution >= 0.6 is 0 Å². The lowest BCUT2D eigenvalue weighted by Gasteiger charge is -2.20. The van der Waals surface area contributed by atoms with Crippen molar-refractivity contribution in [3.8, 4) is 0 Å². The van der Waals surface area contributed by atoms with Gasteiger partial charge >= 0.3 is 0 Å². The summed E-state index contributed by atoms with van der Waals surface area (Å²) in [4.78, 5) is 11.8. The van der Waals surface area contributed by atoms with Crippen molar-refractivity contribution < 1.29 is 4.79 Å². The molecule has 0 spiro atoms. The van der Waals surface area contributed by atoms with Crippen molar-refractivity contribution in [2.75, 3.05) is 0 Å². The molecule has 2 rings (SSSR count). The van der Waals surface area contributed by atoms with Crippen LogP contribution < -0.4 is 5.32 Å². The standard InChI is InChI=1S/C15H21N3O/c1-11-12-7-5-6-8-13(12)18(17-11)10-9-14(19)16-15(2,3)4/h5-8H,9-10H2,1-4H3,(H,16,19). The summed E-state index contributed by atoms with van der Waals surface area (Å²) in [5.74, 6) is 0.0599. The van der Waals surface area contributed by atoms with Crippen LogP contribution in [-0.2, 0) is 11.3 Å². The van der Waals surface area contributed by atoms with Crippen LogP contribution in [0.3, 0.4) is 0 Å². The zero-order chi connectivity index (χ0) is 14.0. The molecule has 0 aliphatic rings. The Morgan fingerprint density at radius 1 is 1.32 bits per heavy atom. The maximum atomic E-state index is 11.8. The van der Waals surface area contributed by atoms with Crippen LogP contribution in [0.4, 0.5) is 0 Å². The zero-order valence-electron chi connectivity index (χ0n) is 12.0. The lowest BCUT2D eigenvalue weighted by molar-refractivity contribution is -0.122. The highest BCUT2D eigenvalue weighted by Crippen LogP contribution is 2.17. The van der Waals surface area contributed by atoms with Crippen molar-refractivity contribution >= 4 is 16.8 Å². The van der Waals surface area contributed by atoms with Gasteiger partial charge in [-0.3, -0.25) is 9.48 Å². The van der Waals surface area contributed by atoms with Gasteiger partial charge in [0.15, 0.2) is 0 Å². The van der Waals surface area contributed by atoms with Crippen molar-refractivity contribution in [3.63, 3.8) is 0 Å². The van der Waals surface area contributed by atoms with Crippen molar-refractivity contribution in [2.45, 2.75) is 46.2 Å². The van der Waals surface area contributed by atoms with Gasteiger partial charge in [-0.2, -0.15) is 5.10 Å². The van der Waals surface area contributed by atoms with E-state index in [2.05, 4.69) is 16.5 Å². The summed E-state index contributed by atoms with van der Waals surface area (Å²) in [6.07, 6.45) is 0.447. The minimum Gasteiger partial charge on any atom is -0.351 e. The molecule has 2 aromatic rings. The Balaban J connectivity index is 2.08. The molecule has 102 valence electrons. The highest BCUT2D eigenvalue weighted by molar-refractivity contribution is 5.82. The third kappa shape index (κ3) is 3.34. The molecule has 4 nitrogen and oxygen atoms in total. The molecule has 4 heteroatoms. The second kappa shape index (κ2) is 5.03. The van der Waals surface area contributed by atoms with E-state index in [0.717, 1.165) is 16.6 Å². The molecule has 0 atom stereocenters. The fourth-order valence-corrected chi connectivity index (χ4v) is 2.15. The predicted octanol–water partition coefficient (Wildman–Crippen LogP) is 2.65. The van der Waals surface area contributed by atoms with Crippen LogP contribution in [0.2, 0.25) is 0 Å². The van der Waals surface area contributed by atoms with E-state index >= 15 is 0 Å². The third-order valence-corrected chi connectivity index (χ3v) is 2.91. The number of carbonyl (C=O) groups is 1. The maximum Gasteiger partial charge on any atom is 0.222 e. The number of fused-ring (bicyclic) bond motifs is 1. The van der Waals surface area contributed by atoms with E-state index in [9.17, 15) is 4.79 Å². The Hall–Kier alpha value is -1.84. The molecule has 0 aliphatic carbocycles. The second-order valence-electron chi connectivity index (χ2n) is 5.87. The van der Waals surface area contributed by atoms with E-state index in [4.69, 9.17) is 0 Å². The van der Waals surface area contributed by atoms with Gasteiger partial charge in [0.05, 0.1) is 17.8 Å². The van der Waals surface area contributed by atoms with Gasteiger partial charge in [0.2, 0.25) is 5.91 Å². The Bertz CT molecular complexity index is 593. The van der Waals surface area contributed by atoms with Gasteiger partial charge in [-0.25, -0.2) is 0 Å². The van der Waals surface area contributed by atoms with Gasteiger partial charge in [0.1, 0.15) is 0 Å². The van der Waals surface area contributed by atoms with Crippen LogP contribution in [-0.4, -0.2) is 21.2 Å². The fraction of sp³-hybridized carbons (Fsp3) is 0.467. The van der Waals surface area contributed by atoms with Crippen molar-refractivity contribution in [1.82, 2.24) is 15.1 Å². The minimum atomic E-state index is -0.181. The fourth-order valence-electron chi connectivity index (χ4n) is 2.15. The summed E-state index contributed by atoms with van der Waals surface area (Å²) in [5.41, 5.74) is 1.91. The molecule has 0 fully saturated rings. The molecule has 0 radical (unpaired) electrons. The molecule has 0 aliphatic heterocycles. The van der Waals surface area contributed by atoms with E-state index in [-0.39, 0.29) is 11.4 Å². The highest BCUT2D eigenvalue weighted by atomic mass is 16.1. The van der Waals surface area contributed by atoms with Gasteiger partial charge in [-0.15, -0.1) is 0 Å². The number of aryl methyl sites for hydroxylation is 2. The molecular formula is C15H21N3O. The maximum absolute atomic E-state index is 11.8. The van der Waals surface area contributed by atoms with Gasteiger partial charge in [0, 0.05) is 17.3 Å². The Labute approximate surface area is 113 Å². The highest BCUT2D eigenvalue weighted by Gasteiger charge is 2.14. The Kier molecular flexibility index (Phi) is 3.60. The van der Waals surface area contributed by atoms with Gasteiger partial charge < -0.3 is 5.32 Å². The molecule has 1 heterocycles. The quantitative estimate of drug-likeness (QED) is 0.921. The first kappa shape index (κ1) is 13.6. The van der Waals surface area contributed by atoms with Crippen molar-refractivity contribution in [2.24, 2.45) is 0 Å². The molecule has 1 N–H and O–H groups in total.